The van der Waals surface area contributed by atoms with Crippen molar-refractivity contribution >= 4 is 18.3 Å². The van der Waals surface area contributed by atoms with Crippen molar-refractivity contribution in [1.82, 2.24) is 10.6 Å². The summed E-state index contributed by atoms with van der Waals surface area (Å²) in [6, 6.07) is 0.0752. The predicted octanol–water partition coefficient (Wildman–Crippen LogP) is 1.22. The third-order valence-corrected chi connectivity index (χ3v) is 3.05. The first-order chi connectivity index (χ1) is 6.20. The highest BCUT2D eigenvalue weighted by Gasteiger charge is 2.39. The van der Waals surface area contributed by atoms with E-state index in [-0.39, 0.29) is 29.9 Å². The SMILES string of the molecule is CC1(NC(=O)C2CCCCN2)CC1.Cl. The topological polar surface area (TPSA) is 41.1 Å². The van der Waals surface area contributed by atoms with Gasteiger partial charge in [-0.15, -0.1) is 12.4 Å². The van der Waals surface area contributed by atoms with Crippen LogP contribution in [0.15, 0.2) is 0 Å². The van der Waals surface area contributed by atoms with Gasteiger partial charge >= 0.3 is 0 Å². The maximum Gasteiger partial charge on any atom is 0.237 e. The molecule has 1 heterocycles. The van der Waals surface area contributed by atoms with Crippen LogP contribution >= 0.6 is 12.4 Å². The second kappa shape index (κ2) is 4.49. The predicted molar refractivity (Wildman–Crippen MR) is 58.7 cm³/mol. The monoisotopic (exact) mass is 218 g/mol. The summed E-state index contributed by atoms with van der Waals surface area (Å²) in [5.74, 6) is 0.208. The molecule has 0 bridgehead atoms. The van der Waals surface area contributed by atoms with Gasteiger partial charge in [-0.3, -0.25) is 4.79 Å². The van der Waals surface area contributed by atoms with Gasteiger partial charge in [0.05, 0.1) is 6.04 Å². The highest BCUT2D eigenvalue weighted by atomic mass is 35.5. The summed E-state index contributed by atoms with van der Waals surface area (Å²) in [5, 5.41) is 6.36. The molecular formula is C10H19ClN2O. The normalized spacial score (nSPS) is 28.8. The molecule has 2 N–H and O–H groups in total. The Hall–Kier alpha value is -0.280. The second-order valence-electron chi connectivity index (χ2n) is 4.55. The van der Waals surface area contributed by atoms with Gasteiger partial charge < -0.3 is 10.6 Å². The molecule has 1 saturated carbocycles. The molecule has 0 aromatic carbocycles. The van der Waals surface area contributed by atoms with E-state index in [2.05, 4.69) is 17.6 Å². The van der Waals surface area contributed by atoms with Crippen LogP contribution in [0.2, 0.25) is 0 Å². The fraction of sp³-hybridized carbons (Fsp3) is 0.900. The number of rotatable bonds is 2. The minimum Gasteiger partial charge on any atom is -0.350 e. The Morgan fingerprint density at radius 2 is 2.14 bits per heavy atom. The highest BCUT2D eigenvalue weighted by molar-refractivity contribution is 5.85. The highest BCUT2D eigenvalue weighted by Crippen LogP contribution is 2.34. The van der Waals surface area contributed by atoms with E-state index in [0.717, 1.165) is 25.8 Å². The van der Waals surface area contributed by atoms with Crippen LogP contribution in [0.4, 0.5) is 0 Å². The van der Waals surface area contributed by atoms with Crippen LogP contribution in [0.25, 0.3) is 0 Å². The number of amides is 1. The smallest absolute Gasteiger partial charge is 0.237 e. The Bertz CT molecular complexity index is 210. The molecule has 1 unspecified atom stereocenters. The molecule has 0 radical (unpaired) electrons. The number of nitrogens with one attached hydrogen (secondary N) is 2. The molecule has 82 valence electrons. The van der Waals surface area contributed by atoms with E-state index in [1.165, 1.54) is 12.8 Å². The Kier molecular flexibility index (Phi) is 3.78. The average Bonchev–Trinajstić information content (AvgIpc) is 2.85. The Morgan fingerprint density at radius 3 is 2.64 bits per heavy atom. The lowest BCUT2D eigenvalue weighted by atomic mass is 10.0. The zero-order valence-corrected chi connectivity index (χ0v) is 9.45. The van der Waals surface area contributed by atoms with Crippen molar-refractivity contribution in [3.05, 3.63) is 0 Å². The molecule has 1 amide bonds. The summed E-state index contributed by atoms with van der Waals surface area (Å²) >= 11 is 0. The summed E-state index contributed by atoms with van der Waals surface area (Å²) in [6.45, 7) is 3.11. The molecular weight excluding hydrogens is 200 g/mol. The molecule has 0 aromatic rings. The van der Waals surface area contributed by atoms with Crippen molar-refractivity contribution in [2.75, 3.05) is 6.54 Å². The maximum absolute atomic E-state index is 11.7. The first-order valence-electron chi connectivity index (χ1n) is 5.25. The van der Waals surface area contributed by atoms with E-state index in [9.17, 15) is 4.79 Å². The van der Waals surface area contributed by atoms with Gasteiger partial charge in [-0.2, -0.15) is 0 Å². The number of carbonyl (C=O) groups is 1. The van der Waals surface area contributed by atoms with Crippen LogP contribution < -0.4 is 10.6 Å². The number of hydrogen-bond donors (Lipinski definition) is 2. The molecule has 1 saturated heterocycles. The minimum atomic E-state index is 0. The van der Waals surface area contributed by atoms with Gasteiger partial charge in [0, 0.05) is 5.54 Å². The molecule has 2 fully saturated rings. The minimum absolute atomic E-state index is 0. The Balaban J connectivity index is 0.000000980. The van der Waals surface area contributed by atoms with Crippen molar-refractivity contribution in [2.45, 2.75) is 50.6 Å². The number of piperidine rings is 1. The van der Waals surface area contributed by atoms with E-state index in [0.29, 0.717) is 0 Å². The van der Waals surface area contributed by atoms with Gasteiger partial charge in [0.1, 0.15) is 0 Å². The average molecular weight is 219 g/mol. The maximum atomic E-state index is 11.7. The zero-order chi connectivity index (χ0) is 9.31. The van der Waals surface area contributed by atoms with E-state index < -0.39 is 0 Å². The number of halogens is 1. The molecule has 2 rings (SSSR count). The summed E-state index contributed by atoms with van der Waals surface area (Å²) in [4.78, 5) is 11.7. The van der Waals surface area contributed by atoms with E-state index in [1.54, 1.807) is 0 Å². The van der Waals surface area contributed by atoms with E-state index in [4.69, 9.17) is 0 Å². The molecule has 1 aliphatic heterocycles. The van der Waals surface area contributed by atoms with Crippen LogP contribution in [0.1, 0.15) is 39.0 Å². The Labute approximate surface area is 91.4 Å². The van der Waals surface area contributed by atoms with Crippen LogP contribution in [-0.2, 0) is 4.79 Å². The van der Waals surface area contributed by atoms with E-state index in [1.807, 2.05) is 0 Å². The number of carbonyl (C=O) groups excluding carboxylic acids is 1. The summed E-state index contributed by atoms with van der Waals surface area (Å²) in [5.41, 5.74) is 0.135. The van der Waals surface area contributed by atoms with Crippen LogP contribution in [0.5, 0.6) is 0 Å². The largest absolute Gasteiger partial charge is 0.350 e. The molecule has 0 spiro atoms. The van der Waals surface area contributed by atoms with Gasteiger partial charge in [0.2, 0.25) is 5.91 Å². The van der Waals surface area contributed by atoms with Gasteiger partial charge in [0.15, 0.2) is 0 Å². The fourth-order valence-electron chi connectivity index (χ4n) is 1.77. The second-order valence-corrected chi connectivity index (χ2v) is 4.55. The van der Waals surface area contributed by atoms with Gasteiger partial charge in [-0.1, -0.05) is 6.42 Å². The number of hydrogen-bond acceptors (Lipinski definition) is 2. The Morgan fingerprint density at radius 1 is 1.43 bits per heavy atom. The van der Waals surface area contributed by atoms with Crippen molar-refractivity contribution in [3.8, 4) is 0 Å². The molecule has 4 heteroatoms. The van der Waals surface area contributed by atoms with Gasteiger partial charge in [-0.25, -0.2) is 0 Å². The fourth-order valence-corrected chi connectivity index (χ4v) is 1.77. The lowest BCUT2D eigenvalue weighted by Crippen LogP contribution is -2.49. The summed E-state index contributed by atoms with van der Waals surface area (Å²) < 4.78 is 0. The zero-order valence-electron chi connectivity index (χ0n) is 8.64. The molecule has 0 aromatic heterocycles. The van der Waals surface area contributed by atoms with Crippen molar-refractivity contribution in [3.63, 3.8) is 0 Å². The van der Waals surface area contributed by atoms with Crippen molar-refractivity contribution in [2.24, 2.45) is 0 Å². The quantitative estimate of drug-likeness (QED) is 0.732. The van der Waals surface area contributed by atoms with Crippen LogP contribution in [0, 0.1) is 0 Å². The van der Waals surface area contributed by atoms with Crippen molar-refractivity contribution in [1.29, 1.82) is 0 Å². The van der Waals surface area contributed by atoms with Gasteiger partial charge in [-0.05, 0) is 39.2 Å². The first kappa shape index (κ1) is 11.8. The third-order valence-electron chi connectivity index (χ3n) is 3.05. The lowest BCUT2D eigenvalue weighted by molar-refractivity contribution is -0.124. The molecule has 14 heavy (non-hydrogen) atoms. The standard InChI is InChI=1S/C10H18N2O.ClH/c1-10(5-6-10)12-9(13)8-4-2-3-7-11-8;/h8,11H,2-7H2,1H3,(H,12,13);1H. The molecule has 1 aliphatic carbocycles. The third kappa shape index (κ3) is 2.85. The van der Waals surface area contributed by atoms with Gasteiger partial charge in [0.25, 0.3) is 0 Å². The summed E-state index contributed by atoms with van der Waals surface area (Å²) in [6.07, 6.45) is 5.68. The summed E-state index contributed by atoms with van der Waals surface area (Å²) in [7, 11) is 0. The van der Waals surface area contributed by atoms with Crippen LogP contribution in [0.3, 0.4) is 0 Å². The van der Waals surface area contributed by atoms with E-state index >= 15 is 0 Å². The lowest BCUT2D eigenvalue weighted by Gasteiger charge is -2.24. The molecule has 3 nitrogen and oxygen atoms in total. The molecule has 2 aliphatic rings. The van der Waals surface area contributed by atoms with Crippen LogP contribution in [-0.4, -0.2) is 24.0 Å². The molecule has 1 atom stereocenters. The first-order valence-corrected chi connectivity index (χ1v) is 5.25. The van der Waals surface area contributed by atoms with Crippen molar-refractivity contribution < 1.29 is 4.79 Å².